The Labute approximate surface area is 121 Å². The van der Waals surface area contributed by atoms with Crippen LogP contribution in [0.25, 0.3) is 0 Å². The Morgan fingerprint density at radius 3 is 2.35 bits per heavy atom. The van der Waals surface area contributed by atoms with Gasteiger partial charge in [-0.2, -0.15) is 0 Å². The molecular formula is C14H24N2O3S. The molecule has 0 heterocycles. The van der Waals surface area contributed by atoms with Crippen molar-refractivity contribution in [2.24, 2.45) is 0 Å². The van der Waals surface area contributed by atoms with Crippen molar-refractivity contribution in [3.8, 4) is 0 Å². The maximum atomic E-state index is 12.2. The maximum absolute atomic E-state index is 12.2. The zero-order chi connectivity index (χ0) is 15.2. The number of nitrogens with zero attached hydrogens (tertiary/aromatic N) is 2. The number of aliphatic hydroxyl groups excluding tert-OH is 1. The first-order valence-corrected chi connectivity index (χ1v) is 8.23. The van der Waals surface area contributed by atoms with Crippen molar-refractivity contribution in [3.63, 3.8) is 0 Å². The monoisotopic (exact) mass is 300 g/mol. The third kappa shape index (κ3) is 5.58. The molecular weight excluding hydrogens is 276 g/mol. The van der Waals surface area contributed by atoms with Crippen molar-refractivity contribution in [2.75, 3.05) is 34.2 Å². The molecule has 0 saturated carbocycles. The lowest BCUT2D eigenvalue weighted by atomic mass is 10.1. The molecule has 1 rings (SSSR count). The van der Waals surface area contributed by atoms with E-state index in [1.54, 1.807) is 31.3 Å². The van der Waals surface area contributed by atoms with E-state index in [0.29, 0.717) is 12.1 Å². The summed E-state index contributed by atoms with van der Waals surface area (Å²) in [7, 11) is 2.24. The molecule has 0 unspecified atom stereocenters. The summed E-state index contributed by atoms with van der Waals surface area (Å²) in [5.41, 5.74) is 1.43. The summed E-state index contributed by atoms with van der Waals surface area (Å²) in [5.74, 6) is -0.0285. The summed E-state index contributed by atoms with van der Waals surface area (Å²) >= 11 is 0. The molecule has 0 fully saturated rings. The Hall–Kier alpha value is -0.950. The minimum Gasteiger partial charge on any atom is -0.392 e. The van der Waals surface area contributed by atoms with E-state index in [4.69, 9.17) is 5.11 Å². The topological polar surface area (TPSA) is 60.9 Å². The average Bonchev–Trinajstić information content (AvgIpc) is 2.37. The van der Waals surface area contributed by atoms with Gasteiger partial charge in [0.1, 0.15) is 0 Å². The van der Waals surface area contributed by atoms with Crippen LogP contribution in [0.15, 0.2) is 24.3 Å². The van der Waals surface area contributed by atoms with Crippen LogP contribution in [-0.2, 0) is 22.4 Å². The van der Waals surface area contributed by atoms with Gasteiger partial charge in [0.05, 0.1) is 12.4 Å². The molecule has 1 aromatic carbocycles. The Morgan fingerprint density at radius 1 is 1.10 bits per heavy atom. The third-order valence-corrected chi connectivity index (χ3v) is 4.91. The van der Waals surface area contributed by atoms with Gasteiger partial charge >= 0.3 is 0 Å². The standard InChI is InChI=1S/C14H24N2O3S/c1-15(2)8-5-9-16(3)20(18,19)12-14-7-4-6-13(10-14)11-17/h4,6-7,10,17H,5,8-9,11-12H2,1-3H3. The fraction of sp³-hybridized carbons (Fsp3) is 0.571. The summed E-state index contributed by atoms with van der Waals surface area (Å²) < 4.78 is 25.9. The molecule has 5 nitrogen and oxygen atoms in total. The third-order valence-electron chi connectivity index (χ3n) is 3.08. The predicted octanol–water partition coefficient (Wildman–Crippen LogP) is 0.892. The number of aliphatic hydroxyl groups is 1. The molecule has 0 spiro atoms. The molecule has 0 aliphatic rings. The molecule has 6 heteroatoms. The van der Waals surface area contributed by atoms with Crippen molar-refractivity contribution >= 4 is 10.0 Å². The van der Waals surface area contributed by atoms with Gasteiger partial charge in [-0.15, -0.1) is 0 Å². The lowest BCUT2D eigenvalue weighted by Crippen LogP contribution is -2.30. The Bertz CT molecular complexity index is 515. The van der Waals surface area contributed by atoms with Crippen molar-refractivity contribution in [1.82, 2.24) is 9.21 Å². The quantitative estimate of drug-likeness (QED) is 0.774. The molecule has 0 bridgehead atoms. The lowest BCUT2D eigenvalue weighted by Gasteiger charge is -2.18. The summed E-state index contributed by atoms with van der Waals surface area (Å²) in [6.07, 6.45) is 0.805. The molecule has 20 heavy (non-hydrogen) atoms. The first-order chi connectivity index (χ1) is 9.35. The second kappa shape index (κ2) is 7.73. The van der Waals surface area contributed by atoms with Gasteiger partial charge in [0.2, 0.25) is 10.0 Å². The molecule has 1 N–H and O–H groups in total. The van der Waals surface area contributed by atoms with Crippen LogP contribution >= 0.6 is 0 Å². The van der Waals surface area contributed by atoms with Gasteiger partial charge in [-0.25, -0.2) is 12.7 Å². The zero-order valence-corrected chi connectivity index (χ0v) is 13.2. The molecule has 114 valence electrons. The number of rotatable bonds is 8. The van der Waals surface area contributed by atoms with Crippen LogP contribution in [0, 0.1) is 0 Å². The maximum Gasteiger partial charge on any atom is 0.218 e. The normalized spacial score (nSPS) is 12.3. The van der Waals surface area contributed by atoms with E-state index in [1.807, 2.05) is 19.0 Å². The van der Waals surface area contributed by atoms with Gasteiger partial charge < -0.3 is 10.0 Å². The van der Waals surface area contributed by atoms with Crippen LogP contribution in [-0.4, -0.2) is 57.0 Å². The highest BCUT2D eigenvalue weighted by Gasteiger charge is 2.18. The van der Waals surface area contributed by atoms with Crippen LogP contribution in [0.1, 0.15) is 17.5 Å². The molecule has 1 aromatic rings. The Morgan fingerprint density at radius 2 is 1.75 bits per heavy atom. The van der Waals surface area contributed by atoms with Crippen molar-refractivity contribution in [2.45, 2.75) is 18.8 Å². The van der Waals surface area contributed by atoms with Crippen molar-refractivity contribution in [1.29, 1.82) is 0 Å². The number of benzene rings is 1. The molecule has 0 saturated heterocycles. The molecule has 0 amide bonds. The highest BCUT2D eigenvalue weighted by atomic mass is 32.2. The van der Waals surface area contributed by atoms with E-state index in [-0.39, 0.29) is 12.4 Å². The Kier molecular flexibility index (Phi) is 6.61. The van der Waals surface area contributed by atoms with E-state index >= 15 is 0 Å². The van der Waals surface area contributed by atoms with Gasteiger partial charge in [-0.05, 0) is 38.2 Å². The second-order valence-electron chi connectivity index (χ2n) is 5.21. The SMILES string of the molecule is CN(C)CCCN(C)S(=O)(=O)Cc1cccc(CO)c1. The zero-order valence-electron chi connectivity index (χ0n) is 12.4. The summed E-state index contributed by atoms with van der Waals surface area (Å²) in [4.78, 5) is 2.03. The molecule has 0 aromatic heterocycles. The fourth-order valence-electron chi connectivity index (χ4n) is 1.89. The lowest BCUT2D eigenvalue weighted by molar-refractivity contribution is 0.281. The number of hydrogen-bond acceptors (Lipinski definition) is 4. The highest BCUT2D eigenvalue weighted by Crippen LogP contribution is 2.12. The summed E-state index contributed by atoms with van der Waals surface area (Å²) in [6.45, 7) is 1.30. The van der Waals surface area contributed by atoms with Crippen molar-refractivity contribution in [3.05, 3.63) is 35.4 Å². The Balaban J connectivity index is 2.63. The molecule has 0 aliphatic heterocycles. The van der Waals surface area contributed by atoms with Crippen LogP contribution in [0.5, 0.6) is 0 Å². The van der Waals surface area contributed by atoms with E-state index in [9.17, 15) is 8.42 Å². The molecule has 0 radical (unpaired) electrons. The summed E-state index contributed by atoms with van der Waals surface area (Å²) in [5, 5.41) is 9.07. The fourth-order valence-corrected chi connectivity index (χ4v) is 3.12. The van der Waals surface area contributed by atoms with Gasteiger partial charge in [0, 0.05) is 13.6 Å². The molecule has 0 atom stereocenters. The highest BCUT2D eigenvalue weighted by molar-refractivity contribution is 7.88. The van der Waals surface area contributed by atoms with Gasteiger partial charge in [-0.1, -0.05) is 24.3 Å². The number of hydrogen-bond donors (Lipinski definition) is 1. The van der Waals surface area contributed by atoms with Crippen LogP contribution in [0.2, 0.25) is 0 Å². The van der Waals surface area contributed by atoms with Crippen LogP contribution < -0.4 is 0 Å². The predicted molar refractivity (Wildman–Crippen MR) is 80.8 cm³/mol. The first kappa shape index (κ1) is 17.1. The minimum absolute atomic E-state index is 0.0285. The van der Waals surface area contributed by atoms with E-state index < -0.39 is 10.0 Å². The van der Waals surface area contributed by atoms with Crippen molar-refractivity contribution < 1.29 is 13.5 Å². The van der Waals surface area contributed by atoms with Gasteiger partial charge in [0.25, 0.3) is 0 Å². The molecule has 0 aliphatic carbocycles. The first-order valence-electron chi connectivity index (χ1n) is 6.62. The largest absolute Gasteiger partial charge is 0.392 e. The number of sulfonamides is 1. The minimum atomic E-state index is -3.30. The van der Waals surface area contributed by atoms with E-state index in [2.05, 4.69) is 0 Å². The average molecular weight is 300 g/mol. The van der Waals surface area contributed by atoms with E-state index in [1.165, 1.54) is 4.31 Å². The smallest absolute Gasteiger partial charge is 0.218 e. The van der Waals surface area contributed by atoms with Crippen LogP contribution in [0.4, 0.5) is 0 Å². The van der Waals surface area contributed by atoms with Gasteiger partial charge in [-0.3, -0.25) is 0 Å². The van der Waals surface area contributed by atoms with Crippen LogP contribution in [0.3, 0.4) is 0 Å². The van der Waals surface area contributed by atoms with E-state index in [0.717, 1.165) is 18.5 Å². The second-order valence-corrected chi connectivity index (χ2v) is 7.29. The van der Waals surface area contributed by atoms with Gasteiger partial charge in [0.15, 0.2) is 0 Å². The summed E-state index contributed by atoms with van der Waals surface area (Å²) in [6, 6.07) is 7.04.